The van der Waals surface area contributed by atoms with Crippen molar-refractivity contribution in [1.82, 2.24) is 0 Å². The van der Waals surface area contributed by atoms with Crippen LogP contribution in [0.2, 0.25) is 0 Å². The van der Waals surface area contributed by atoms with Crippen LogP contribution in [0.25, 0.3) is 0 Å². The van der Waals surface area contributed by atoms with Gasteiger partial charge in [0, 0.05) is 6.61 Å². The van der Waals surface area contributed by atoms with Gasteiger partial charge in [-0.3, -0.25) is 0 Å². The number of rotatable bonds is 2. The molecule has 0 unspecified atom stereocenters. The Labute approximate surface area is 63.2 Å². The van der Waals surface area contributed by atoms with Crippen LogP contribution >= 0.6 is 0 Å². The van der Waals surface area contributed by atoms with E-state index in [0.717, 1.165) is 0 Å². The second-order valence-electron chi connectivity index (χ2n) is 3.11. The molecule has 0 aliphatic heterocycles. The van der Waals surface area contributed by atoms with Gasteiger partial charge in [-0.05, 0) is 19.3 Å². The predicted molar refractivity (Wildman–Crippen MR) is 34.0 cm³/mol. The van der Waals surface area contributed by atoms with Crippen LogP contribution in [0.5, 0.6) is 0 Å². The molecular formula is C7H11F3O. The first-order chi connectivity index (χ1) is 5.02. The van der Waals surface area contributed by atoms with Gasteiger partial charge in [0.25, 0.3) is 0 Å². The molecule has 0 bridgehead atoms. The van der Waals surface area contributed by atoms with Crippen molar-refractivity contribution in [3.05, 3.63) is 0 Å². The molecule has 1 nitrogen and oxygen atoms in total. The summed E-state index contributed by atoms with van der Waals surface area (Å²) in [6, 6.07) is 0. The highest BCUT2D eigenvalue weighted by atomic mass is 19.4. The highest BCUT2D eigenvalue weighted by molar-refractivity contribution is 4.93. The summed E-state index contributed by atoms with van der Waals surface area (Å²) >= 11 is 0. The second kappa shape index (κ2) is 2.66. The normalized spacial score (nSPS) is 22.9. The first-order valence-corrected chi connectivity index (χ1v) is 3.69. The number of aliphatic hydroxyl groups excluding tert-OH is 1. The third-order valence-electron chi connectivity index (χ3n) is 2.50. The fourth-order valence-corrected chi connectivity index (χ4v) is 1.49. The highest BCUT2D eigenvalue weighted by Gasteiger charge is 2.57. The molecule has 1 saturated carbocycles. The van der Waals surface area contributed by atoms with Crippen LogP contribution < -0.4 is 0 Å². The van der Waals surface area contributed by atoms with Gasteiger partial charge in [-0.25, -0.2) is 0 Å². The van der Waals surface area contributed by atoms with Gasteiger partial charge in [-0.1, -0.05) is 6.42 Å². The van der Waals surface area contributed by atoms with Crippen LogP contribution in [0.3, 0.4) is 0 Å². The minimum atomic E-state index is -4.12. The van der Waals surface area contributed by atoms with E-state index in [2.05, 4.69) is 0 Å². The lowest BCUT2D eigenvalue weighted by Crippen LogP contribution is -2.44. The lowest BCUT2D eigenvalue weighted by Gasteiger charge is -2.42. The molecule has 0 aromatic carbocycles. The summed E-state index contributed by atoms with van der Waals surface area (Å²) in [5, 5.41) is 8.43. The van der Waals surface area contributed by atoms with Crippen molar-refractivity contribution in [2.75, 3.05) is 6.61 Å². The van der Waals surface area contributed by atoms with Crippen molar-refractivity contribution in [3.8, 4) is 0 Å². The SMILES string of the molecule is OCCC1(C(F)(F)F)CCC1. The summed E-state index contributed by atoms with van der Waals surface area (Å²) in [6.45, 7) is -0.362. The third-order valence-corrected chi connectivity index (χ3v) is 2.50. The van der Waals surface area contributed by atoms with E-state index >= 15 is 0 Å². The van der Waals surface area contributed by atoms with Crippen LogP contribution in [0, 0.1) is 5.41 Å². The molecule has 11 heavy (non-hydrogen) atoms. The number of alkyl halides is 3. The van der Waals surface area contributed by atoms with E-state index in [-0.39, 0.29) is 25.9 Å². The fraction of sp³-hybridized carbons (Fsp3) is 1.00. The maximum Gasteiger partial charge on any atom is 0.394 e. The summed E-state index contributed by atoms with van der Waals surface area (Å²) in [6.07, 6.45) is -3.22. The number of hydrogen-bond donors (Lipinski definition) is 1. The molecule has 0 atom stereocenters. The van der Waals surface area contributed by atoms with Gasteiger partial charge in [0.2, 0.25) is 0 Å². The average molecular weight is 168 g/mol. The molecule has 1 rings (SSSR count). The molecule has 66 valence electrons. The first-order valence-electron chi connectivity index (χ1n) is 3.69. The molecular weight excluding hydrogens is 157 g/mol. The minimum Gasteiger partial charge on any atom is -0.396 e. The van der Waals surface area contributed by atoms with Crippen LogP contribution in [0.1, 0.15) is 25.7 Å². The Kier molecular flexibility index (Phi) is 2.14. The van der Waals surface area contributed by atoms with Crippen molar-refractivity contribution in [2.45, 2.75) is 31.9 Å². The summed E-state index contributed by atoms with van der Waals surface area (Å²) in [4.78, 5) is 0. The molecule has 0 aromatic rings. The zero-order valence-corrected chi connectivity index (χ0v) is 6.12. The smallest absolute Gasteiger partial charge is 0.394 e. The molecule has 0 radical (unpaired) electrons. The standard InChI is InChI=1S/C7H11F3O/c8-7(9,10)6(4-5-11)2-1-3-6/h11H,1-5H2. The molecule has 1 aliphatic rings. The second-order valence-corrected chi connectivity index (χ2v) is 3.11. The van der Waals surface area contributed by atoms with Crippen molar-refractivity contribution in [2.24, 2.45) is 5.41 Å². The molecule has 0 aromatic heterocycles. The topological polar surface area (TPSA) is 20.2 Å². The molecule has 0 amide bonds. The summed E-state index contributed by atoms with van der Waals surface area (Å²) in [5.74, 6) is 0. The van der Waals surface area contributed by atoms with E-state index < -0.39 is 11.6 Å². The molecule has 0 saturated heterocycles. The van der Waals surface area contributed by atoms with E-state index in [4.69, 9.17) is 5.11 Å². The van der Waals surface area contributed by atoms with E-state index in [0.29, 0.717) is 6.42 Å². The number of halogens is 3. The average Bonchev–Trinajstić information content (AvgIpc) is 1.75. The van der Waals surface area contributed by atoms with Crippen LogP contribution in [-0.4, -0.2) is 17.9 Å². The van der Waals surface area contributed by atoms with E-state index in [1.54, 1.807) is 0 Å². The Morgan fingerprint density at radius 2 is 1.82 bits per heavy atom. The first kappa shape index (κ1) is 8.84. The molecule has 4 heteroatoms. The highest BCUT2D eigenvalue weighted by Crippen LogP contribution is 2.54. The molecule has 1 fully saturated rings. The van der Waals surface area contributed by atoms with Gasteiger partial charge in [0.15, 0.2) is 0 Å². The van der Waals surface area contributed by atoms with E-state index in [1.807, 2.05) is 0 Å². The fourth-order valence-electron chi connectivity index (χ4n) is 1.49. The molecule has 0 heterocycles. The van der Waals surface area contributed by atoms with Gasteiger partial charge in [0.1, 0.15) is 0 Å². The molecule has 1 aliphatic carbocycles. The van der Waals surface area contributed by atoms with Gasteiger partial charge in [-0.2, -0.15) is 13.2 Å². The number of aliphatic hydroxyl groups is 1. The zero-order chi connectivity index (χ0) is 8.54. The van der Waals surface area contributed by atoms with Crippen LogP contribution in [-0.2, 0) is 0 Å². The van der Waals surface area contributed by atoms with Crippen LogP contribution in [0.15, 0.2) is 0 Å². The van der Waals surface area contributed by atoms with Crippen LogP contribution in [0.4, 0.5) is 13.2 Å². The lowest BCUT2D eigenvalue weighted by molar-refractivity contribution is -0.255. The van der Waals surface area contributed by atoms with Gasteiger partial charge >= 0.3 is 6.18 Å². The summed E-state index contributed by atoms with van der Waals surface area (Å²) < 4.78 is 36.7. The molecule has 1 N–H and O–H groups in total. The Hall–Kier alpha value is -0.250. The largest absolute Gasteiger partial charge is 0.396 e. The van der Waals surface area contributed by atoms with Gasteiger partial charge in [-0.15, -0.1) is 0 Å². The Balaban J connectivity index is 2.60. The maximum atomic E-state index is 12.2. The van der Waals surface area contributed by atoms with Crippen molar-refractivity contribution >= 4 is 0 Å². The van der Waals surface area contributed by atoms with Crippen molar-refractivity contribution in [3.63, 3.8) is 0 Å². The third kappa shape index (κ3) is 1.36. The Morgan fingerprint density at radius 1 is 1.27 bits per heavy atom. The Bertz CT molecular complexity index is 137. The predicted octanol–water partition coefficient (Wildman–Crippen LogP) is 2.10. The monoisotopic (exact) mass is 168 g/mol. The molecule has 0 spiro atoms. The van der Waals surface area contributed by atoms with Gasteiger partial charge in [0.05, 0.1) is 5.41 Å². The zero-order valence-electron chi connectivity index (χ0n) is 6.12. The van der Waals surface area contributed by atoms with Crippen molar-refractivity contribution < 1.29 is 18.3 Å². The maximum absolute atomic E-state index is 12.2. The quantitative estimate of drug-likeness (QED) is 0.669. The summed E-state index contributed by atoms with van der Waals surface area (Å²) in [7, 11) is 0. The van der Waals surface area contributed by atoms with E-state index in [9.17, 15) is 13.2 Å². The minimum absolute atomic E-state index is 0.128. The van der Waals surface area contributed by atoms with Gasteiger partial charge < -0.3 is 5.11 Å². The Morgan fingerprint density at radius 3 is 1.91 bits per heavy atom. The van der Waals surface area contributed by atoms with E-state index in [1.165, 1.54) is 0 Å². The summed E-state index contributed by atoms with van der Waals surface area (Å²) in [5.41, 5.74) is -1.54. The number of hydrogen-bond acceptors (Lipinski definition) is 1. The lowest BCUT2D eigenvalue weighted by atomic mass is 9.66. The van der Waals surface area contributed by atoms with Crippen molar-refractivity contribution in [1.29, 1.82) is 0 Å².